The second kappa shape index (κ2) is 6.89. The molecule has 0 aromatic heterocycles. The fourth-order valence-corrected chi connectivity index (χ4v) is 0.614. The highest BCUT2D eigenvalue weighted by atomic mass is 127. The predicted molar refractivity (Wildman–Crippen MR) is 56.2 cm³/mol. The Kier molecular flexibility index (Phi) is 8.59. The minimum Gasteiger partial charge on any atom is -0.326 e. The lowest BCUT2D eigenvalue weighted by molar-refractivity contribution is 1.07. The smallest absolute Gasteiger partial charge is 0.0467 e. The standard InChI is InChI=1S/C7H9N.CH3.HI/c8-6-7-4-2-1-3-5-7;;/h1-5H,6,8H2;1H3;1H/q;+1;. The van der Waals surface area contributed by atoms with Gasteiger partial charge < -0.3 is 5.73 Å². The maximum atomic E-state index is 5.35. The van der Waals surface area contributed by atoms with Crippen molar-refractivity contribution < 1.29 is 0 Å². The zero-order valence-corrected chi connectivity index (χ0v) is 8.41. The Morgan fingerprint density at radius 2 is 1.60 bits per heavy atom. The van der Waals surface area contributed by atoms with Crippen molar-refractivity contribution in [3.63, 3.8) is 0 Å². The summed E-state index contributed by atoms with van der Waals surface area (Å²) in [6, 6.07) is 9.99. The summed E-state index contributed by atoms with van der Waals surface area (Å²) in [7, 11) is 0. The molecule has 2 N–H and O–H groups in total. The quantitative estimate of drug-likeness (QED) is 0.600. The van der Waals surface area contributed by atoms with Crippen LogP contribution in [0.1, 0.15) is 5.56 Å². The van der Waals surface area contributed by atoms with E-state index in [2.05, 4.69) is 0 Å². The van der Waals surface area contributed by atoms with Crippen molar-refractivity contribution in [1.29, 1.82) is 0 Å². The lowest BCUT2D eigenvalue weighted by atomic mass is 10.2. The number of hydrogen-bond acceptors (Lipinski definition) is 1. The van der Waals surface area contributed by atoms with Crippen molar-refractivity contribution >= 4 is 24.0 Å². The van der Waals surface area contributed by atoms with Gasteiger partial charge in [-0.05, 0) is 5.56 Å². The van der Waals surface area contributed by atoms with E-state index in [0.717, 1.165) is 0 Å². The number of halogens is 1. The van der Waals surface area contributed by atoms with Crippen molar-refractivity contribution in [2.45, 2.75) is 6.54 Å². The van der Waals surface area contributed by atoms with Gasteiger partial charge in [0.05, 0.1) is 0 Å². The van der Waals surface area contributed by atoms with Gasteiger partial charge in [-0.25, -0.2) is 0 Å². The van der Waals surface area contributed by atoms with Crippen LogP contribution >= 0.6 is 24.0 Å². The van der Waals surface area contributed by atoms with Gasteiger partial charge in [0.15, 0.2) is 0 Å². The molecule has 0 aliphatic heterocycles. The Balaban J connectivity index is 0. The number of rotatable bonds is 1. The largest absolute Gasteiger partial charge is 0.326 e. The molecule has 0 atom stereocenters. The molecule has 2 heteroatoms. The van der Waals surface area contributed by atoms with Gasteiger partial charge >= 0.3 is 0 Å². The summed E-state index contributed by atoms with van der Waals surface area (Å²) in [5.41, 5.74) is 6.54. The Morgan fingerprint density at radius 1 is 1.10 bits per heavy atom. The van der Waals surface area contributed by atoms with Gasteiger partial charge in [0, 0.05) is 14.0 Å². The van der Waals surface area contributed by atoms with Gasteiger partial charge in [0.2, 0.25) is 0 Å². The Morgan fingerprint density at radius 3 is 1.90 bits per heavy atom. The molecule has 1 aromatic rings. The van der Waals surface area contributed by atoms with Crippen molar-refractivity contribution in [1.82, 2.24) is 0 Å². The summed E-state index contributed by atoms with van der Waals surface area (Å²) in [4.78, 5) is 0. The number of nitrogens with two attached hydrogens (primary N) is 1. The monoisotopic (exact) mass is 250 g/mol. The molecule has 1 aromatic carbocycles. The van der Waals surface area contributed by atoms with Crippen LogP contribution in [0.15, 0.2) is 30.3 Å². The van der Waals surface area contributed by atoms with E-state index in [1.54, 1.807) is 0 Å². The normalized spacial score (nSPS) is 7.30. The molecule has 0 aliphatic carbocycles. The summed E-state index contributed by atoms with van der Waals surface area (Å²) >= 11 is 0. The van der Waals surface area contributed by atoms with Gasteiger partial charge in [-0.15, -0.1) is 24.0 Å². The minimum atomic E-state index is 0. The maximum Gasteiger partial charge on any atom is 0.0467 e. The molecule has 0 heterocycles. The van der Waals surface area contributed by atoms with E-state index in [1.807, 2.05) is 30.3 Å². The van der Waals surface area contributed by atoms with Crippen LogP contribution in [-0.4, -0.2) is 0 Å². The van der Waals surface area contributed by atoms with Crippen molar-refractivity contribution in [3.8, 4) is 0 Å². The fraction of sp³-hybridized carbons (Fsp3) is 0.125. The van der Waals surface area contributed by atoms with Crippen LogP contribution in [0.2, 0.25) is 0 Å². The highest BCUT2D eigenvalue weighted by molar-refractivity contribution is 14.0. The molecule has 0 saturated heterocycles. The highest BCUT2D eigenvalue weighted by Gasteiger charge is 1.80. The van der Waals surface area contributed by atoms with E-state index in [1.165, 1.54) is 5.56 Å². The average molecular weight is 250 g/mol. The second-order valence-corrected chi connectivity index (χ2v) is 1.69. The first-order chi connectivity index (χ1) is 3.93. The number of hydrogen-bond donors (Lipinski definition) is 1. The van der Waals surface area contributed by atoms with Crippen LogP contribution in [0.5, 0.6) is 0 Å². The predicted octanol–water partition coefficient (Wildman–Crippen LogP) is 2.21. The molecule has 56 valence electrons. The Hall–Kier alpha value is -0.220. The summed E-state index contributed by atoms with van der Waals surface area (Å²) in [6.45, 7) is 0.640. The molecule has 1 rings (SSSR count). The summed E-state index contributed by atoms with van der Waals surface area (Å²) < 4.78 is 0. The van der Waals surface area contributed by atoms with Gasteiger partial charge in [0.1, 0.15) is 0 Å². The molecule has 0 spiro atoms. The third-order valence-electron chi connectivity index (χ3n) is 1.08. The average Bonchev–Trinajstić information content (AvgIpc) is 1.90. The van der Waals surface area contributed by atoms with Crippen molar-refractivity contribution in [3.05, 3.63) is 43.3 Å². The fourth-order valence-electron chi connectivity index (χ4n) is 0.614. The van der Waals surface area contributed by atoms with Crippen LogP contribution in [0.3, 0.4) is 0 Å². The van der Waals surface area contributed by atoms with E-state index < -0.39 is 0 Å². The van der Waals surface area contributed by atoms with Gasteiger partial charge in [-0.3, -0.25) is 0 Å². The van der Waals surface area contributed by atoms with E-state index in [4.69, 9.17) is 5.73 Å². The van der Waals surface area contributed by atoms with E-state index >= 15 is 0 Å². The molecular weight excluding hydrogens is 237 g/mol. The summed E-state index contributed by atoms with van der Waals surface area (Å²) in [6.07, 6.45) is 0. The molecule has 0 aliphatic rings. The van der Waals surface area contributed by atoms with E-state index in [0.29, 0.717) is 6.54 Å². The maximum absolute atomic E-state index is 5.35. The first-order valence-corrected chi connectivity index (χ1v) is 2.67. The molecule has 0 bridgehead atoms. The second-order valence-electron chi connectivity index (χ2n) is 1.69. The summed E-state index contributed by atoms with van der Waals surface area (Å²) in [5.74, 6) is 0. The lowest BCUT2D eigenvalue weighted by Gasteiger charge is -1.90. The van der Waals surface area contributed by atoms with Gasteiger partial charge in [-0.1, -0.05) is 30.3 Å². The molecular formula is C8H13IN+. The third kappa shape index (κ3) is 3.74. The first kappa shape index (κ1) is 12.5. The zero-order valence-electron chi connectivity index (χ0n) is 6.08. The van der Waals surface area contributed by atoms with Gasteiger partial charge in [0.25, 0.3) is 0 Å². The third-order valence-corrected chi connectivity index (χ3v) is 1.08. The van der Waals surface area contributed by atoms with Crippen molar-refractivity contribution in [2.75, 3.05) is 0 Å². The zero-order chi connectivity index (χ0) is 5.82. The molecule has 1 nitrogen and oxygen atoms in total. The topological polar surface area (TPSA) is 26.0 Å². The van der Waals surface area contributed by atoms with Gasteiger partial charge in [-0.2, -0.15) is 0 Å². The summed E-state index contributed by atoms with van der Waals surface area (Å²) in [5, 5.41) is 0. The van der Waals surface area contributed by atoms with Crippen LogP contribution < -0.4 is 5.73 Å². The molecule has 0 fully saturated rings. The van der Waals surface area contributed by atoms with Crippen LogP contribution in [-0.2, 0) is 6.54 Å². The van der Waals surface area contributed by atoms with E-state index in [9.17, 15) is 0 Å². The van der Waals surface area contributed by atoms with Crippen LogP contribution in [0.25, 0.3) is 0 Å². The van der Waals surface area contributed by atoms with Crippen LogP contribution in [0.4, 0.5) is 0 Å². The van der Waals surface area contributed by atoms with E-state index in [-0.39, 0.29) is 31.4 Å². The Labute approximate surface area is 79.7 Å². The molecule has 0 unspecified atom stereocenters. The van der Waals surface area contributed by atoms with Crippen molar-refractivity contribution in [2.24, 2.45) is 5.73 Å². The molecule has 0 saturated carbocycles. The first-order valence-electron chi connectivity index (χ1n) is 2.67. The Bertz CT molecular complexity index is 151. The SMILES string of the molecule is I.NCc1ccccc1.[CH3+]. The molecule has 0 radical (unpaired) electrons. The molecule has 10 heavy (non-hydrogen) atoms. The highest BCUT2D eigenvalue weighted by Crippen LogP contribution is 1.94. The molecule has 0 amide bonds. The minimum absolute atomic E-state index is 0. The lowest BCUT2D eigenvalue weighted by Crippen LogP contribution is -1.94. The number of benzene rings is 1. The van der Waals surface area contributed by atoms with Crippen LogP contribution in [0, 0.1) is 7.43 Å².